The molecule has 2 aromatic carbocycles. The van der Waals surface area contributed by atoms with Gasteiger partial charge in [0.25, 0.3) is 0 Å². The molecule has 3 N–H and O–H groups in total. The highest BCUT2D eigenvalue weighted by molar-refractivity contribution is 14.0. The molecule has 0 heterocycles. The highest BCUT2D eigenvalue weighted by Gasteiger charge is 2.24. The number of nitrogens with zero attached hydrogens (tertiary/aromatic N) is 1. The van der Waals surface area contributed by atoms with E-state index in [1.165, 1.54) is 12.1 Å². The zero-order valence-corrected chi connectivity index (χ0v) is 20.1. The zero-order valence-electron chi connectivity index (χ0n) is 17.0. The lowest BCUT2D eigenvalue weighted by atomic mass is 10.1. The van der Waals surface area contributed by atoms with Crippen molar-refractivity contribution in [3.63, 3.8) is 0 Å². The summed E-state index contributed by atoms with van der Waals surface area (Å²) in [6.07, 6.45) is 0. The molecule has 0 aromatic heterocycles. The quantitative estimate of drug-likeness (QED) is 0.302. The van der Waals surface area contributed by atoms with E-state index in [0.717, 1.165) is 5.56 Å². The summed E-state index contributed by atoms with van der Waals surface area (Å²) in [5, 5.41) is 6.24. The number of aliphatic imine (C=N–C) groups is 1. The standard InChI is InChI=1S/C20H27FN4O2S.HI/c1-20(2,3)25-28(26,27)18-8-6-5-7-16(18)14-24-19(22-4)23-13-15-9-11-17(21)12-10-15;/h5-12,25H,13-14H2,1-4H3,(H2,22,23,24);1H. The first-order valence-corrected chi connectivity index (χ1v) is 10.4. The van der Waals surface area contributed by atoms with E-state index in [-0.39, 0.29) is 41.2 Å². The molecule has 2 rings (SSSR count). The second-order valence-electron chi connectivity index (χ2n) is 7.37. The van der Waals surface area contributed by atoms with Gasteiger partial charge in [-0.25, -0.2) is 17.5 Å². The summed E-state index contributed by atoms with van der Waals surface area (Å²) in [5.41, 5.74) is 0.956. The van der Waals surface area contributed by atoms with Crippen LogP contribution in [0.5, 0.6) is 0 Å². The van der Waals surface area contributed by atoms with Crippen molar-refractivity contribution in [2.24, 2.45) is 4.99 Å². The van der Waals surface area contributed by atoms with Crippen LogP contribution in [-0.4, -0.2) is 27.0 Å². The summed E-state index contributed by atoms with van der Waals surface area (Å²) < 4.78 is 41.1. The van der Waals surface area contributed by atoms with Gasteiger partial charge in [0.05, 0.1) is 4.90 Å². The second kappa shape index (κ2) is 10.9. The van der Waals surface area contributed by atoms with Crippen LogP contribution in [0.25, 0.3) is 0 Å². The molecule has 6 nitrogen and oxygen atoms in total. The first-order chi connectivity index (χ1) is 13.1. The first-order valence-electron chi connectivity index (χ1n) is 8.91. The van der Waals surface area contributed by atoms with Gasteiger partial charge in [-0.3, -0.25) is 4.99 Å². The maximum absolute atomic E-state index is 13.0. The Balaban J connectivity index is 0.00000420. The topological polar surface area (TPSA) is 82.6 Å². The maximum Gasteiger partial charge on any atom is 0.241 e. The minimum atomic E-state index is -3.65. The molecule has 160 valence electrons. The third-order valence-electron chi connectivity index (χ3n) is 3.75. The van der Waals surface area contributed by atoms with Crippen LogP contribution in [0, 0.1) is 5.82 Å². The summed E-state index contributed by atoms with van der Waals surface area (Å²) in [5.74, 6) is 0.230. The van der Waals surface area contributed by atoms with Crippen molar-refractivity contribution in [2.45, 2.75) is 44.3 Å². The predicted octanol–water partition coefficient (Wildman–Crippen LogP) is 3.39. The van der Waals surface area contributed by atoms with E-state index in [9.17, 15) is 12.8 Å². The Morgan fingerprint density at radius 3 is 2.17 bits per heavy atom. The highest BCUT2D eigenvalue weighted by Crippen LogP contribution is 2.17. The summed E-state index contributed by atoms with van der Waals surface area (Å²) in [6.45, 7) is 6.14. The lowest BCUT2D eigenvalue weighted by molar-refractivity contribution is 0.491. The second-order valence-corrected chi connectivity index (χ2v) is 9.02. The van der Waals surface area contributed by atoms with Gasteiger partial charge in [0.1, 0.15) is 5.82 Å². The van der Waals surface area contributed by atoms with Gasteiger partial charge < -0.3 is 10.6 Å². The fourth-order valence-electron chi connectivity index (χ4n) is 2.56. The molecule has 0 radical (unpaired) electrons. The Morgan fingerprint density at radius 2 is 1.59 bits per heavy atom. The molecule has 0 spiro atoms. The lowest BCUT2D eigenvalue weighted by Gasteiger charge is -2.22. The average molecular weight is 534 g/mol. The molecular formula is C20H28FIN4O2S. The molecule has 0 aliphatic carbocycles. The molecule has 0 amide bonds. The van der Waals surface area contributed by atoms with Crippen molar-refractivity contribution in [1.29, 1.82) is 0 Å². The van der Waals surface area contributed by atoms with Gasteiger partial charge in [-0.1, -0.05) is 30.3 Å². The summed E-state index contributed by atoms with van der Waals surface area (Å²) in [7, 11) is -2.02. The van der Waals surface area contributed by atoms with Crippen LogP contribution in [0.1, 0.15) is 31.9 Å². The zero-order chi connectivity index (χ0) is 20.8. The molecule has 0 atom stereocenters. The van der Waals surface area contributed by atoms with Crippen LogP contribution in [0.15, 0.2) is 58.4 Å². The minimum absolute atomic E-state index is 0. The van der Waals surface area contributed by atoms with E-state index in [1.807, 2.05) is 0 Å². The number of guanidine groups is 1. The molecule has 0 bridgehead atoms. The lowest BCUT2D eigenvalue weighted by Crippen LogP contribution is -2.41. The summed E-state index contributed by atoms with van der Waals surface area (Å²) in [6, 6.07) is 13.0. The van der Waals surface area contributed by atoms with Crippen molar-refractivity contribution >= 4 is 40.0 Å². The molecular weight excluding hydrogens is 506 g/mol. The van der Waals surface area contributed by atoms with Gasteiger partial charge in [-0.2, -0.15) is 0 Å². The number of rotatable bonds is 6. The fourth-order valence-corrected chi connectivity index (χ4v) is 4.22. The monoisotopic (exact) mass is 534 g/mol. The van der Waals surface area contributed by atoms with Crippen LogP contribution < -0.4 is 15.4 Å². The van der Waals surface area contributed by atoms with E-state index in [0.29, 0.717) is 18.1 Å². The predicted molar refractivity (Wildman–Crippen MR) is 125 cm³/mol. The molecule has 0 saturated carbocycles. The van der Waals surface area contributed by atoms with Crippen LogP contribution >= 0.6 is 24.0 Å². The molecule has 9 heteroatoms. The summed E-state index contributed by atoms with van der Waals surface area (Å²) >= 11 is 0. The SMILES string of the molecule is CN=C(NCc1ccc(F)cc1)NCc1ccccc1S(=O)(=O)NC(C)(C)C.I. The third kappa shape index (κ3) is 8.27. The van der Waals surface area contributed by atoms with E-state index >= 15 is 0 Å². The van der Waals surface area contributed by atoms with Crippen molar-refractivity contribution in [3.8, 4) is 0 Å². The van der Waals surface area contributed by atoms with Crippen molar-refractivity contribution in [3.05, 3.63) is 65.5 Å². The number of nitrogens with one attached hydrogen (secondary N) is 3. The number of hydrogen-bond donors (Lipinski definition) is 3. The molecule has 0 fully saturated rings. The van der Waals surface area contributed by atoms with Crippen LogP contribution in [0.4, 0.5) is 4.39 Å². The Bertz CT molecular complexity index is 926. The molecule has 0 saturated heterocycles. The Kier molecular flexibility index (Phi) is 9.50. The van der Waals surface area contributed by atoms with E-state index in [1.54, 1.807) is 64.2 Å². The van der Waals surface area contributed by atoms with Gasteiger partial charge >= 0.3 is 0 Å². The van der Waals surface area contributed by atoms with E-state index < -0.39 is 15.6 Å². The van der Waals surface area contributed by atoms with E-state index in [2.05, 4.69) is 20.3 Å². The summed E-state index contributed by atoms with van der Waals surface area (Å²) in [4.78, 5) is 4.37. The van der Waals surface area contributed by atoms with Crippen molar-refractivity contribution < 1.29 is 12.8 Å². The number of sulfonamides is 1. The Hall–Kier alpha value is -1.72. The van der Waals surface area contributed by atoms with Gasteiger partial charge in [-0.05, 0) is 50.1 Å². The minimum Gasteiger partial charge on any atom is -0.352 e. The van der Waals surface area contributed by atoms with Gasteiger partial charge in [-0.15, -0.1) is 24.0 Å². The average Bonchev–Trinajstić information content (AvgIpc) is 2.61. The number of halogens is 2. The van der Waals surface area contributed by atoms with Gasteiger partial charge in [0.15, 0.2) is 5.96 Å². The fraction of sp³-hybridized carbons (Fsp3) is 0.350. The van der Waals surface area contributed by atoms with E-state index in [4.69, 9.17) is 0 Å². The normalized spacial score (nSPS) is 12.2. The van der Waals surface area contributed by atoms with Gasteiger partial charge in [0, 0.05) is 25.7 Å². The molecule has 0 aliphatic rings. The molecule has 29 heavy (non-hydrogen) atoms. The Labute approximate surface area is 189 Å². The van der Waals surface area contributed by atoms with Gasteiger partial charge in [0.2, 0.25) is 10.0 Å². The number of benzene rings is 2. The maximum atomic E-state index is 13.0. The highest BCUT2D eigenvalue weighted by atomic mass is 127. The molecule has 2 aromatic rings. The van der Waals surface area contributed by atoms with Crippen molar-refractivity contribution in [2.75, 3.05) is 7.05 Å². The van der Waals surface area contributed by atoms with Crippen LogP contribution in [0.2, 0.25) is 0 Å². The van der Waals surface area contributed by atoms with Crippen LogP contribution in [-0.2, 0) is 23.1 Å². The largest absolute Gasteiger partial charge is 0.352 e. The third-order valence-corrected chi connectivity index (χ3v) is 5.60. The number of hydrogen-bond acceptors (Lipinski definition) is 3. The molecule has 0 unspecified atom stereocenters. The first kappa shape index (κ1) is 25.3. The smallest absolute Gasteiger partial charge is 0.241 e. The molecule has 0 aliphatic heterocycles. The van der Waals surface area contributed by atoms with Crippen molar-refractivity contribution in [1.82, 2.24) is 15.4 Å². The Morgan fingerprint density at radius 1 is 1.00 bits per heavy atom. The van der Waals surface area contributed by atoms with Crippen LogP contribution in [0.3, 0.4) is 0 Å².